The molecule has 3 heteroatoms. The van der Waals surface area contributed by atoms with Gasteiger partial charge in [-0.2, -0.15) is 0 Å². The molecule has 0 fully saturated rings. The van der Waals surface area contributed by atoms with Crippen molar-refractivity contribution in [2.45, 2.75) is 19.8 Å². The molecule has 1 amide bonds. The number of hydrogen-bond acceptors (Lipinski definition) is 2. The lowest BCUT2D eigenvalue weighted by Gasteiger charge is -2.16. The molecule has 0 radical (unpaired) electrons. The summed E-state index contributed by atoms with van der Waals surface area (Å²) in [6.45, 7) is 3.40. The van der Waals surface area contributed by atoms with E-state index in [0.717, 1.165) is 18.5 Å². The van der Waals surface area contributed by atoms with Gasteiger partial charge in [-0.1, -0.05) is 29.8 Å². The summed E-state index contributed by atoms with van der Waals surface area (Å²) in [5, 5.41) is 0. The lowest BCUT2D eigenvalue weighted by Crippen LogP contribution is -2.30. The van der Waals surface area contributed by atoms with Crippen molar-refractivity contribution in [3.8, 4) is 0 Å². The highest BCUT2D eigenvalue weighted by molar-refractivity contribution is 5.78. The van der Waals surface area contributed by atoms with Crippen LogP contribution in [-0.4, -0.2) is 30.9 Å². The lowest BCUT2D eigenvalue weighted by molar-refractivity contribution is -0.129. The van der Waals surface area contributed by atoms with E-state index in [2.05, 4.69) is 6.07 Å². The van der Waals surface area contributed by atoms with Crippen molar-refractivity contribution in [1.29, 1.82) is 0 Å². The molecule has 0 unspecified atom stereocenters. The highest BCUT2D eigenvalue weighted by Crippen LogP contribution is 2.06. The van der Waals surface area contributed by atoms with Crippen LogP contribution in [0.3, 0.4) is 0 Å². The van der Waals surface area contributed by atoms with Crippen LogP contribution >= 0.6 is 0 Å². The van der Waals surface area contributed by atoms with Gasteiger partial charge < -0.3 is 10.6 Å². The molecule has 0 aliphatic heterocycles. The standard InChI is InChI=1S/C13H20N2O/c1-11-5-3-6-12(9-11)10-13(16)15(2)8-4-7-14/h3,5-6,9H,4,7-8,10,14H2,1-2H3. The quantitative estimate of drug-likeness (QED) is 0.814. The molecule has 0 saturated heterocycles. The number of carbonyl (C=O) groups excluding carboxylic acids is 1. The molecule has 0 aliphatic rings. The average Bonchev–Trinajstić information content (AvgIpc) is 2.25. The third-order valence-electron chi connectivity index (χ3n) is 2.56. The minimum Gasteiger partial charge on any atom is -0.345 e. The number of benzene rings is 1. The first kappa shape index (κ1) is 12.7. The van der Waals surface area contributed by atoms with Gasteiger partial charge in [-0.05, 0) is 25.5 Å². The van der Waals surface area contributed by atoms with E-state index in [9.17, 15) is 4.79 Å². The topological polar surface area (TPSA) is 46.3 Å². The van der Waals surface area contributed by atoms with E-state index in [4.69, 9.17) is 5.73 Å². The van der Waals surface area contributed by atoms with Crippen LogP contribution in [0.15, 0.2) is 24.3 Å². The molecule has 2 N–H and O–H groups in total. The molecule has 0 atom stereocenters. The summed E-state index contributed by atoms with van der Waals surface area (Å²) in [5.41, 5.74) is 7.67. The minimum absolute atomic E-state index is 0.152. The van der Waals surface area contributed by atoms with Crippen molar-refractivity contribution in [2.75, 3.05) is 20.1 Å². The molecule has 1 rings (SSSR count). The van der Waals surface area contributed by atoms with Gasteiger partial charge in [0.05, 0.1) is 6.42 Å². The number of nitrogens with two attached hydrogens (primary N) is 1. The number of amides is 1. The molecule has 0 aromatic heterocycles. The second-order valence-electron chi connectivity index (χ2n) is 4.12. The molecule has 0 spiro atoms. The number of hydrogen-bond donors (Lipinski definition) is 1. The van der Waals surface area contributed by atoms with Gasteiger partial charge in [0.2, 0.25) is 5.91 Å². The van der Waals surface area contributed by atoms with Crippen molar-refractivity contribution >= 4 is 5.91 Å². The summed E-state index contributed by atoms with van der Waals surface area (Å²) in [5.74, 6) is 0.152. The summed E-state index contributed by atoms with van der Waals surface area (Å²) in [6, 6.07) is 8.06. The third-order valence-corrected chi connectivity index (χ3v) is 2.56. The van der Waals surface area contributed by atoms with Gasteiger partial charge in [-0.15, -0.1) is 0 Å². The minimum atomic E-state index is 0.152. The Morgan fingerprint density at radius 1 is 1.44 bits per heavy atom. The summed E-state index contributed by atoms with van der Waals surface area (Å²) in [4.78, 5) is 13.6. The van der Waals surface area contributed by atoms with Crippen molar-refractivity contribution in [2.24, 2.45) is 5.73 Å². The molecule has 88 valence electrons. The van der Waals surface area contributed by atoms with Gasteiger partial charge in [-0.3, -0.25) is 4.79 Å². The Morgan fingerprint density at radius 3 is 2.81 bits per heavy atom. The monoisotopic (exact) mass is 220 g/mol. The van der Waals surface area contributed by atoms with Crippen LogP contribution in [-0.2, 0) is 11.2 Å². The summed E-state index contributed by atoms with van der Waals surface area (Å²) in [6.07, 6.45) is 1.33. The Hall–Kier alpha value is -1.35. The Balaban J connectivity index is 2.50. The average molecular weight is 220 g/mol. The predicted molar refractivity (Wildman–Crippen MR) is 66.2 cm³/mol. The summed E-state index contributed by atoms with van der Waals surface area (Å²) < 4.78 is 0. The third kappa shape index (κ3) is 4.03. The first-order valence-electron chi connectivity index (χ1n) is 5.63. The molecular formula is C13H20N2O. The highest BCUT2D eigenvalue weighted by atomic mass is 16.2. The summed E-state index contributed by atoms with van der Waals surface area (Å²) >= 11 is 0. The van der Waals surface area contributed by atoms with Crippen LogP contribution in [0.4, 0.5) is 0 Å². The zero-order valence-corrected chi connectivity index (χ0v) is 10.1. The van der Waals surface area contributed by atoms with E-state index in [-0.39, 0.29) is 5.91 Å². The van der Waals surface area contributed by atoms with Crippen LogP contribution in [0.25, 0.3) is 0 Å². The maximum absolute atomic E-state index is 11.8. The van der Waals surface area contributed by atoms with Crippen molar-refractivity contribution in [3.05, 3.63) is 35.4 Å². The van der Waals surface area contributed by atoms with E-state index in [1.807, 2.05) is 32.2 Å². The number of aryl methyl sites for hydroxylation is 1. The zero-order valence-electron chi connectivity index (χ0n) is 10.1. The molecule has 16 heavy (non-hydrogen) atoms. The number of likely N-dealkylation sites (N-methyl/N-ethyl adjacent to an activating group) is 1. The largest absolute Gasteiger partial charge is 0.345 e. The van der Waals surface area contributed by atoms with Crippen LogP contribution in [0, 0.1) is 6.92 Å². The predicted octanol–water partition coefficient (Wildman–Crippen LogP) is 1.34. The first-order chi connectivity index (χ1) is 7.63. The molecule has 1 aromatic rings. The van der Waals surface area contributed by atoms with Crippen molar-refractivity contribution in [1.82, 2.24) is 4.90 Å². The smallest absolute Gasteiger partial charge is 0.226 e. The first-order valence-corrected chi connectivity index (χ1v) is 5.63. The Labute approximate surface area is 97.2 Å². The van der Waals surface area contributed by atoms with Crippen LogP contribution in [0.2, 0.25) is 0 Å². The SMILES string of the molecule is Cc1cccc(CC(=O)N(C)CCCN)c1. The lowest BCUT2D eigenvalue weighted by atomic mass is 10.1. The van der Waals surface area contributed by atoms with E-state index in [1.165, 1.54) is 5.56 Å². The summed E-state index contributed by atoms with van der Waals surface area (Å²) in [7, 11) is 1.83. The van der Waals surface area contributed by atoms with Crippen LogP contribution < -0.4 is 5.73 Å². The molecular weight excluding hydrogens is 200 g/mol. The maximum Gasteiger partial charge on any atom is 0.226 e. The van der Waals surface area contributed by atoms with Crippen molar-refractivity contribution < 1.29 is 4.79 Å². The van der Waals surface area contributed by atoms with Gasteiger partial charge >= 0.3 is 0 Å². The second kappa shape index (κ2) is 6.28. The highest BCUT2D eigenvalue weighted by Gasteiger charge is 2.08. The van der Waals surface area contributed by atoms with E-state index in [1.54, 1.807) is 4.90 Å². The molecule has 0 heterocycles. The van der Waals surface area contributed by atoms with Crippen molar-refractivity contribution in [3.63, 3.8) is 0 Å². The Kier molecular flexibility index (Phi) is 4.99. The van der Waals surface area contributed by atoms with E-state index < -0.39 is 0 Å². The van der Waals surface area contributed by atoms with Crippen LogP contribution in [0.1, 0.15) is 17.5 Å². The van der Waals surface area contributed by atoms with E-state index in [0.29, 0.717) is 13.0 Å². The molecule has 0 saturated carbocycles. The number of carbonyl (C=O) groups is 1. The molecule has 3 nitrogen and oxygen atoms in total. The number of rotatable bonds is 5. The normalized spacial score (nSPS) is 10.2. The fourth-order valence-corrected chi connectivity index (χ4v) is 1.58. The fraction of sp³-hybridized carbons (Fsp3) is 0.462. The second-order valence-corrected chi connectivity index (χ2v) is 4.12. The van der Waals surface area contributed by atoms with Gasteiger partial charge in [0.1, 0.15) is 0 Å². The zero-order chi connectivity index (χ0) is 12.0. The Morgan fingerprint density at radius 2 is 2.19 bits per heavy atom. The van der Waals surface area contributed by atoms with Gasteiger partial charge in [0.15, 0.2) is 0 Å². The van der Waals surface area contributed by atoms with Crippen LogP contribution in [0.5, 0.6) is 0 Å². The fourth-order valence-electron chi connectivity index (χ4n) is 1.58. The van der Waals surface area contributed by atoms with E-state index >= 15 is 0 Å². The maximum atomic E-state index is 11.8. The van der Waals surface area contributed by atoms with Gasteiger partial charge in [-0.25, -0.2) is 0 Å². The van der Waals surface area contributed by atoms with Gasteiger partial charge in [0, 0.05) is 13.6 Å². The van der Waals surface area contributed by atoms with Gasteiger partial charge in [0.25, 0.3) is 0 Å². The molecule has 1 aromatic carbocycles. The molecule has 0 bridgehead atoms. The Bertz CT molecular complexity index is 350. The molecule has 0 aliphatic carbocycles. The number of nitrogens with zero attached hydrogens (tertiary/aromatic N) is 1.